The average molecular weight is 217 g/mol. The van der Waals surface area contributed by atoms with E-state index in [4.69, 9.17) is 22.1 Å². The van der Waals surface area contributed by atoms with E-state index in [0.29, 0.717) is 0 Å². The molecule has 0 aliphatic heterocycles. The lowest BCUT2D eigenvalue weighted by Gasteiger charge is -2.11. The Labute approximate surface area is 87.7 Å². The number of hydrogen-bond donors (Lipinski definition) is 1. The molecule has 1 unspecified atom stereocenters. The van der Waals surface area contributed by atoms with Crippen molar-refractivity contribution < 1.29 is 4.74 Å². The summed E-state index contributed by atoms with van der Waals surface area (Å²) in [6, 6.07) is 0.184. The van der Waals surface area contributed by atoms with Gasteiger partial charge in [-0.3, -0.25) is 0 Å². The monoisotopic (exact) mass is 216 g/mol. The Balaban J connectivity index is 2.66. The van der Waals surface area contributed by atoms with Gasteiger partial charge in [-0.05, 0) is 24.9 Å². The molecule has 0 aromatic carbocycles. The maximum atomic E-state index is 5.59. The van der Waals surface area contributed by atoms with Crippen LogP contribution in [0, 0.1) is 0 Å². The van der Waals surface area contributed by atoms with E-state index >= 15 is 0 Å². The number of rotatable bonds is 4. The molecule has 1 aromatic rings. The molecule has 6 heteroatoms. The Hall–Kier alpha value is -1.10. The molecule has 0 radical (unpaired) electrons. The topological polar surface area (TPSA) is 73.9 Å². The first-order valence-electron chi connectivity index (χ1n) is 4.45. The van der Waals surface area contributed by atoms with Gasteiger partial charge in [0.25, 0.3) is 0 Å². The third kappa shape index (κ3) is 3.33. The second-order valence-electron chi connectivity index (χ2n) is 2.96. The minimum atomic E-state index is 0.0520. The molecule has 0 bridgehead atoms. The van der Waals surface area contributed by atoms with Crippen LogP contribution in [0.1, 0.15) is 26.7 Å². The van der Waals surface area contributed by atoms with E-state index in [2.05, 4.69) is 21.9 Å². The highest BCUT2D eigenvalue weighted by molar-refractivity contribution is 6.28. The molecule has 14 heavy (non-hydrogen) atoms. The maximum Gasteiger partial charge on any atom is 0.322 e. The third-order valence-electron chi connectivity index (χ3n) is 1.61. The predicted octanol–water partition coefficient (Wildman–Crippen LogP) is 1.67. The van der Waals surface area contributed by atoms with Gasteiger partial charge in [-0.2, -0.15) is 15.0 Å². The summed E-state index contributed by atoms with van der Waals surface area (Å²) in [4.78, 5) is 11.2. The van der Waals surface area contributed by atoms with Gasteiger partial charge in [0, 0.05) is 0 Å². The Kier molecular flexibility index (Phi) is 3.88. The molecule has 1 heterocycles. The highest BCUT2D eigenvalue weighted by Gasteiger charge is 2.07. The lowest BCUT2D eigenvalue weighted by Crippen LogP contribution is -2.14. The molecule has 1 rings (SSSR count). The third-order valence-corrected chi connectivity index (χ3v) is 1.78. The van der Waals surface area contributed by atoms with Crippen LogP contribution < -0.4 is 10.5 Å². The van der Waals surface area contributed by atoms with Crippen LogP contribution in [0.3, 0.4) is 0 Å². The van der Waals surface area contributed by atoms with E-state index in [1.807, 2.05) is 6.92 Å². The van der Waals surface area contributed by atoms with E-state index in [0.717, 1.165) is 12.8 Å². The molecule has 1 aromatic heterocycles. The quantitative estimate of drug-likeness (QED) is 0.829. The molecule has 0 saturated heterocycles. The van der Waals surface area contributed by atoms with Gasteiger partial charge in [0.2, 0.25) is 11.2 Å². The van der Waals surface area contributed by atoms with Crippen molar-refractivity contribution in [2.24, 2.45) is 0 Å². The van der Waals surface area contributed by atoms with Crippen molar-refractivity contribution in [3.05, 3.63) is 5.28 Å². The van der Waals surface area contributed by atoms with Crippen LogP contribution in [0.5, 0.6) is 6.01 Å². The van der Waals surface area contributed by atoms with Gasteiger partial charge < -0.3 is 10.5 Å². The summed E-state index contributed by atoms with van der Waals surface area (Å²) in [6.45, 7) is 4.02. The number of hydrogen-bond acceptors (Lipinski definition) is 5. The van der Waals surface area contributed by atoms with Crippen LogP contribution >= 0.6 is 11.6 Å². The van der Waals surface area contributed by atoms with Crippen molar-refractivity contribution in [3.8, 4) is 6.01 Å². The lowest BCUT2D eigenvalue weighted by molar-refractivity contribution is 0.192. The highest BCUT2D eigenvalue weighted by atomic mass is 35.5. The summed E-state index contributed by atoms with van der Waals surface area (Å²) in [5, 5.41) is 0.0520. The first kappa shape index (κ1) is 11.0. The molecule has 5 nitrogen and oxygen atoms in total. The summed E-state index contributed by atoms with van der Waals surface area (Å²) in [5.41, 5.74) is 5.38. The first-order chi connectivity index (χ1) is 6.61. The van der Waals surface area contributed by atoms with E-state index < -0.39 is 0 Å². The normalized spacial score (nSPS) is 12.5. The molecule has 0 fully saturated rings. The Morgan fingerprint density at radius 2 is 2.14 bits per heavy atom. The number of nitrogen functional groups attached to an aromatic ring is 1. The maximum absolute atomic E-state index is 5.59. The molecule has 2 N–H and O–H groups in total. The van der Waals surface area contributed by atoms with Gasteiger partial charge in [-0.25, -0.2) is 0 Å². The zero-order valence-electron chi connectivity index (χ0n) is 8.20. The van der Waals surface area contributed by atoms with E-state index in [1.54, 1.807) is 0 Å². The molecule has 0 saturated carbocycles. The van der Waals surface area contributed by atoms with E-state index in [-0.39, 0.29) is 23.3 Å². The van der Waals surface area contributed by atoms with Crippen LogP contribution in [0.4, 0.5) is 5.95 Å². The Bertz CT molecular complexity index is 287. The van der Waals surface area contributed by atoms with E-state index in [9.17, 15) is 0 Å². The highest BCUT2D eigenvalue weighted by Crippen LogP contribution is 2.12. The van der Waals surface area contributed by atoms with Crippen molar-refractivity contribution >= 4 is 17.5 Å². The zero-order valence-corrected chi connectivity index (χ0v) is 8.95. The Morgan fingerprint density at radius 1 is 1.43 bits per heavy atom. The van der Waals surface area contributed by atoms with Gasteiger partial charge >= 0.3 is 6.01 Å². The van der Waals surface area contributed by atoms with Crippen LogP contribution in [0.15, 0.2) is 0 Å². The van der Waals surface area contributed by atoms with Crippen LogP contribution in [0.25, 0.3) is 0 Å². The van der Waals surface area contributed by atoms with Gasteiger partial charge in [-0.1, -0.05) is 13.3 Å². The second-order valence-corrected chi connectivity index (χ2v) is 3.30. The molecule has 0 amide bonds. The number of nitrogens with two attached hydrogens (primary N) is 1. The predicted molar refractivity (Wildman–Crippen MR) is 54.2 cm³/mol. The summed E-state index contributed by atoms with van der Waals surface area (Å²) >= 11 is 5.59. The van der Waals surface area contributed by atoms with Crippen molar-refractivity contribution in [1.29, 1.82) is 0 Å². The fraction of sp³-hybridized carbons (Fsp3) is 0.625. The SMILES string of the molecule is CCCC(C)Oc1nc(N)nc(Cl)n1. The standard InChI is InChI=1S/C8H13ClN4O/c1-3-4-5(2)14-8-12-6(9)11-7(10)13-8/h5H,3-4H2,1-2H3,(H2,10,11,12,13). The van der Waals surface area contributed by atoms with E-state index in [1.165, 1.54) is 0 Å². The van der Waals surface area contributed by atoms with Crippen molar-refractivity contribution in [1.82, 2.24) is 15.0 Å². The van der Waals surface area contributed by atoms with Gasteiger partial charge in [-0.15, -0.1) is 0 Å². The summed E-state index contributed by atoms with van der Waals surface area (Å²) in [5.74, 6) is 0.0729. The molecule has 0 spiro atoms. The van der Waals surface area contributed by atoms with Crippen LogP contribution in [-0.4, -0.2) is 21.1 Å². The fourth-order valence-electron chi connectivity index (χ4n) is 1.04. The number of anilines is 1. The Morgan fingerprint density at radius 3 is 2.71 bits per heavy atom. The smallest absolute Gasteiger partial charge is 0.322 e. The van der Waals surface area contributed by atoms with Crippen molar-refractivity contribution in [3.63, 3.8) is 0 Å². The second kappa shape index (κ2) is 4.95. The molecule has 0 aliphatic rings. The number of aromatic nitrogens is 3. The molecular weight excluding hydrogens is 204 g/mol. The number of nitrogens with zero attached hydrogens (tertiary/aromatic N) is 3. The zero-order chi connectivity index (χ0) is 10.6. The summed E-state index contributed by atoms with van der Waals surface area (Å²) in [7, 11) is 0. The molecule has 1 atom stereocenters. The van der Waals surface area contributed by atoms with Gasteiger partial charge in [0.05, 0.1) is 6.10 Å². The lowest BCUT2D eigenvalue weighted by atomic mass is 10.2. The molecule has 78 valence electrons. The summed E-state index contributed by atoms with van der Waals surface area (Å²) in [6.07, 6.45) is 2.02. The van der Waals surface area contributed by atoms with Crippen LogP contribution in [-0.2, 0) is 0 Å². The number of ether oxygens (including phenoxy) is 1. The fourth-order valence-corrected chi connectivity index (χ4v) is 1.20. The van der Waals surface area contributed by atoms with Crippen molar-refractivity contribution in [2.75, 3.05) is 5.73 Å². The average Bonchev–Trinajstić information content (AvgIpc) is 2.01. The minimum absolute atomic E-state index is 0.0520. The van der Waals surface area contributed by atoms with Gasteiger partial charge in [0.1, 0.15) is 0 Å². The largest absolute Gasteiger partial charge is 0.460 e. The first-order valence-corrected chi connectivity index (χ1v) is 4.83. The molecule has 0 aliphatic carbocycles. The number of halogens is 1. The van der Waals surface area contributed by atoms with Crippen molar-refractivity contribution in [2.45, 2.75) is 32.8 Å². The minimum Gasteiger partial charge on any atom is -0.460 e. The van der Waals surface area contributed by atoms with Gasteiger partial charge in [0.15, 0.2) is 0 Å². The summed E-state index contributed by atoms with van der Waals surface area (Å²) < 4.78 is 5.39. The van der Waals surface area contributed by atoms with Crippen LogP contribution in [0.2, 0.25) is 5.28 Å². The molecular formula is C8H13ClN4O.